The van der Waals surface area contributed by atoms with E-state index < -0.39 is 15.9 Å². The van der Waals surface area contributed by atoms with Gasteiger partial charge in [-0.2, -0.15) is 5.26 Å². The van der Waals surface area contributed by atoms with E-state index >= 15 is 0 Å². The first-order valence-corrected chi connectivity index (χ1v) is 12.8. The van der Waals surface area contributed by atoms with Gasteiger partial charge in [0.25, 0.3) is 5.91 Å². The van der Waals surface area contributed by atoms with Gasteiger partial charge in [0.05, 0.1) is 17.9 Å². The summed E-state index contributed by atoms with van der Waals surface area (Å²) in [6.45, 7) is 2.57. The van der Waals surface area contributed by atoms with Crippen molar-refractivity contribution in [2.75, 3.05) is 24.3 Å². The number of aliphatic hydroxyl groups excluding tert-OH is 1. The number of aromatic nitrogens is 1. The number of aliphatic hydroxyl groups is 1. The number of anilines is 2. The number of sulfonamides is 1. The summed E-state index contributed by atoms with van der Waals surface area (Å²) in [6.07, 6.45) is 4.95. The average Bonchev–Trinajstić information content (AvgIpc) is 3.12. The van der Waals surface area contributed by atoms with E-state index in [0.29, 0.717) is 28.0 Å². The summed E-state index contributed by atoms with van der Waals surface area (Å²) < 4.78 is 24.9. The fourth-order valence-corrected chi connectivity index (χ4v) is 5.30. The van der Waals surface area contributed by atoms with Crippen molar-refractivity contribution in [2.45, 2.75) is 32.6 Å². The van der Waals surface area contributed by atoms with Crippen LogP contribution in [-0.2, 0) is 10.0 Å². The monoisotopic (exact) mass is 462 g/mol. The lowest BCUT2D eigenvalue weighted by atomic mass is 9.81. The first-order chi connectivity index (χ1) is 14.7. The van der Waals surface area contributed by atoms with Crippen LogP contribution in [0.3, 0.4) is 0 Å². The Balaban J connectivity index is 1.93. The van der Waals surface area contributed by atoms with Crippen molar-refractivity contribution < 1.29 is 18.3 Å². The summed E-state index contributed by atoms with van der Waals surface area (Å²) in [5.74, 6) is -0.116. The zero-order valence-corrected chi connectivity index (χ0v) is 19.2. The van der Waals surface area contributed by atoms with Gasteiger partial charge < -0.3 is 10.0 Å². The fraction of sp³-hybridized carbons (Fsp3) is 0.476. The van der Waals surface area contributed by atoms with Crippen LogP contribution in [0.5, 0.6) is 0 Å². The highest BCUT2D eigenvalue weighted by atomic mass is 32.2. The molecule has 1 aromatic carbocycles. The Labute approximate surface area is 186 Å². The van der Waals surface area contributed by atoms with Gasteiger partial charge in [0, 0.05) is 23.7 Å². The molecule has 2 N–H and O–H groups in total. The second-order valence-electron chi connectivity index (χ2n) is 7.96. The molecule has 1 aliphatic carbocycles. The lowest BCUT2D eigenvalue weighted by Gasteiger charge is -2.32. The molecule has 2 atom stereocenters. The van der Waals surface area contributed by atoms with E-state index in [1.54, 1.807) is 19.1 Å². The maximum atomic E-state index is 12.4. The van der Waals surface area contributed by atoms with Crippen LogP contribution in [0.1, 0.15) is 46.6 Å². The van der Waals surface area contributed by atoms with Crippen LogP contribution in [0.4, 0.5) is 10.8 Å². The molecule has 10 heteroatoms. The highest BCUT2D eigenvalue weighted by Crippen LogP contribution is 2.36. The predicted molar refractivity (Wildman–Crippen MR) is 120 cm³/mol. The molecule has 0 bridgehead atoms. The lowest BCUT2D eigenvalue weighted by Crippen LogP contribution is -2.31. The predicted octanol–water partition coefficient (Wildman–Crippen LogP) is 2.95. The Bertz CT molecular complexity index is 1070. The third-order valence-corrected chi connectivity index (χ3v) is 6.96. The minimum absolute atomic E-state index is 0.0842. The van der Waals surface area contributed by atoms with Crippen LogP contribution in [0.2, 0.25) is 0 Å². The van der Waals surface area contributed by atoms with E-state index in [0.717, 1.165) is 37.6 Å². The summed E-state index contributed by atoms with van der Waals surface area (Å²) in [7, 11) is -3.69. The topological polar surface area (TPSA) is 123 Å². The van der Waals surface area contributed by atoms with E-state index in [1.807, 2.05) is 21.8 Å². The summed E-state index contributed by atoms with van der Waals surface area (Å²) in [5.41, 5.74) is 1.47. The molecule has 1 heterocycles. The SMILES string of the molecule is Cc1sc(N(CC2CCCC(CO)C2)c2ccc(C#N)cc2)nc1C(=O)NS(C)(=O)=O. The molecule has 31 heavy (non-hydrogen) atoms. The minimum Gasteiger partial charge on any atom is -0.396 e. The molecule has 0 radical (unpaired) electrons. The van der Waals surface area contributed by atoms with Gasteiger partial charge in [0.2, 0.25) is 10.0 Å². The molecule has 1 aromatic heterocycles. The number of hydrogen-bond acceptors (Lipinski definition) is 8. The Morgan fingerprint density at radius 1 is 1.32 bits per heavy atom. The number of hydrogen-bond donors (Lipinski definition) is 2. The van der Waals surface area contributed by atoms with E-state index in [4.69, 9.17) is 5.26 Å². The number of thiazole rings is 1. The molecule has 8 nitrogen and oxygen atoms in total. The molecule has 0 saturated heterocycles. The number of nitrogens with one attached hydrogen (secondary N) is 1. The van der Waals surface area contributed by atoms with Crippen molar-refractivity contribution in [2.24, 2.45) is 11.8 Å². The third-order valence-electron chi connectivity index (χ3n) is 5.41. The third kappa shape index (κ3) is 6.03. The van der Waals surface area contributed by atoms with Crippen LogP contribution in [-0.4, -0.2) is 43.8 Å². The summed E-state index contributed by atoms with van der Waals surface area (Å²) in [4.78, 5) is 19.5. The first-order valence-electron chi connectivity index (χ1n) is 10.1. The Hall–Kier alpha value is -2.48. The quantitative estimate of drug-likeness (QED) is 0.648. The number of nitrogens with zero attached hydrogens (tertiary/aromatic N) is 3. The molecule has 0 spiro atoms. The van der Waals surface area contributed by atoms with Gasteiger partial charge in [-0.05, 0) is 62.3 Å². The van der Waals surface area contributed by atoms with Crippen LogP contribution in [0, 0.1) is 30.1 Å². The van der Waals surface area contributed by atoms with E-state index in [2.05, 4.69) is 11.1 Å². The lowest BCUT2D eigenvalue weighted by molar-refractivity contribution is 0.0977. The number of aryl methyl sites for hydroxylation is 1. The molecule has 166 valence electrons. The summed E-state index contributed by atoms with van der Waals surface area (Å²) >= 11 is 1.32. The normalized spacial score (nSPS) is 18.9. The van der Waals surface area contributed by atoms with Crippen LogP contribution >= 0.6 is 11.3 Å². The average molecular weight is 463 g/mol. The zero-order chi connectivity index (χ0) is 22.6. The second kappa shape index (κ2) is 9.77. The van der Waals surface area contributed by atoms with Crippen molar-refractivity contribution >= 4 is 38.1 Å². The van der Waals surface area contributed by atoms with E-state index in [1.165, 1.54) is 11.3 Å². The number of nitriles is 1. The molecular weight excluding hydrogens is 436 g/mol. The van der Waals surface area contributed by atoms with Crippen LogP contribution in [0.25, 0.3) is 0 Å². The molecule has 1 fully saturated rings. The molecule has 2 unspecified atom stereocenters. The Kier molecular flexibility index (Phi) is 7.30. The molecule has 1 aliphatic rings. The smallest absolute Gasteiger partial charge is 0.284 e. The second-order valence-corrected chi connectivity index (χ2v) is 10.9. The highest BCUT2D eigenvalue weighted by molar-refractivity contribution is 7.89. The number of carbonyl (C=O) groups is 1. The van der Waals surface area contributed by atoms with Gasteiger partial charge in [0.15, 0.2) is 5.13 Å². The molecule has 1 amide bonds. The van der Waals surface area contributed by atoms with Crippen molar-refractivity contribution in [3.63, 3.8) is 0 Å². The molecule has 1 saturated carbocycles. The van der Waals surface area contributed by atoms with E-state index in [-0.39, 0.29) is 18.2 Å². The van der Waals surface area contributed by atoms with Crippen LogP contribution in [0.15, 0.2) is 24.3 Å². The molecule has 2 aromatic rings. The van der Waals surface area contributed by atoms with E-state index in [9.17, 15) is 18.3 Å². The summed E-state index contributed by atoms with van der Waals surface area (Å²) in [5, 5.41) is 19.3. The number of carbonyl (C=O) groups excluding carboxylic acids is 1. The van der Waals surface area contributed by atoms with Crippen LogP contribution < -0.4 is 9.62 Å². The molecular formula is C21H26N4O4S2. The first kappa shape index (κ1) is 23.2. The Morgan fingerprint density at radius 2 is 2.00 bits per heavy atom. The van der Waals surface area contributed by atoms with Gasteiger partial charge in [-0.3, -0.25) is 4.79 Å². The number of amides is 1. The minimum atomic E-state index is -3.69. The fourth-order valence-electron chi connectivity index (χ4n) is 3.93. The number of rotatable bonds is 7. The maximum absolute atomic E-state index is 12.4. The Morgan fingerprint density at radius 3 is 2.61 bits per heavy atom. The van der Waals surface area contributed by atoms with Crippen molar-refractivity contribution in [3.8, 4) is 6.07 Å². The van der Waals surface area contributed by atoms with Gasteiger partial charge in [-0.1, -0.05) is 6.42 Å². The zero-order valence-electron chi connectivity index (χ0n) is 17.5. The standard InChI is InChI=1S/C21H26N4O4S2/c1-14-19(20(27)24-31(2,28)29)23-21(30-14)25(18-8-6-15(11-22)7-9-18)12-16-4-3-5-17(10-16)13-26/h6-9,16-17,26H,3-5,10,12-13H2,1-2H3,(H,24,27). The maximum Gasteiger partial charge on any atom is 0.284 e. The number of benzene rings is 1. The van der Waals surface area contributed by atoms with Crippen molar-refractivity contribution in [3.05, 3.63) is 40.4 Å². The van der Waals surface area contributed by atoms with Gasteiger partial charge >= 0.3 is 0 Å². The van der Waals surface area contributed by atoms with Gasteiger partial charge in [-0.25, -0.2) is 18.1 Å². The molecule has 3 rings (SSSR count). The van der Waals surface area contributed by atoms with Gasteiger partial charge in [0.1, 0.15) is 5.69 Å². The largest absolute Gasteiger partial charge is 0.396 e. The van der Waals surface area contributed by atoms with Crippen molar-refractivity contribution in [1.29, 1.82) is 5.26 Å². The molecule has 0 aliphatic heterocycles. The highest BCUT2D eigenvalue weighted by Gasteiger charge is 2.27. The summed E-state index contributed by atoms with van der Waals surface area (Å²) in [6, 6.07) is 9.27. The van der Waals surface area contributed by atoms with Gasteiger partial charge in [-0.15, -0.1) is 11.3 Å². The van der Waals surface area contributed by atoms with Crippen molar-refractivity contribution in [1.82, 2.24) is 9.71 Å².